The zero-order valence-electron chi connectivity index (χ0n) is 10.9. The first-order chi connectivity index (χ1) is 8.17. The van der Waals surface area contributed by atoms with Gasteiger partial charge in [-0.3, -0.25) is 0 Å². The monoisotopic (exact) mass is 239 g/mol. The summed E-state index contributed by atoms with van der Waals surface area (Å²) in [5, 5.41) is 3.42. The van der Waals surface area contributed by atoms with Gasteiger partial charge in [0.1, 0.15) is 18.2 Å². The molecule has 0 saturated carbocycles. The predicted molar refractivity (Wildman–Crippen MR) is 69.0 cm³/mol. The van der Waals surface area contributed by atoms with Gasteiger partial charge in [-0.25, -0.2) is 4.39 Å². The van der Waals surface area contributed by atoms with Crippen LogP contribution < -0.4 is 10.1 Å². The number of hydrogen-bond acceptors (Lipinski definition) is 2. The molecule has 0 amide bonds. The van der Waals surface area contributed by atoms with E-state index in [0.717, 1.165) is 25.1 Å². The molecule has 0 heterocycles. The molecular formula is C14H22FNO. The zero-order chi connectivity index (χ0) is 12.7. The van der Waals surface area contributed by atoms with Crippen LogP contribution in [0.3, 0.4) is 0 Å². The topological polar surface area (TPSA) is 21.3 Å². The molecule has 0 fully saturated rings. The van der Waals surface area contributed by atoms with Gasteiger partial charge in [-0.2, -0.15) is 0 Å². The Morgan fingerprint density at radius 3 is 2.71 bits per heavy atom. The average molecular weight is 239 g/mol. The van der Waals surface area contributed by atoms with Crippen molar-refractivity contribution in [1.82, 2.24) is 5.32 Å². The minimum Gasteiger partial charge on any atom is -0.492 e. The number of hydrogen-bond donors (Lipinski definition) is 1. The molecule has 0 aliphatic carbocycles. The summed E-state index contributed by atoms with van der Waals surface area (Å²) in [7, 11) is 0. The second-order valence-electron chi connectivity index (χ2n) is 4.28. The highest BCUT2D eigenvalue weighted by molar-refractivity contribution is 5.28. The Labute approximate surface area is 103 Å². The fourth-order valence-electron chi connectivity index (χ4n) is 1.57. The van der Waals surface area contributed by atoms with Gasteiger partial charge in [0, 0.05) is 6.04 Å². The number of aryl methyl sites for hydroxylation is 1. The SMILES string of the molecule is CCCNC(CC)COc1ccc(F)c(C)c1. The molecule has 2 nitrogen and oxygen atoms in total. The Bertz CT molecular complexity index is 341. The van der Waals surface area contributed by atoms with E-state index in [1.165, 1.54) is 6.07 Å². The van der Waals surface area contributed by atoms with E-state index < -0.39 is 0 Å². The second-order valence-corrected chi connectivity index (χ2v) is 4.28. The van der Waals surface area contributed by atoms with Crippen molar-refractivity contribution in [3.8, 4) is 5.75 Å². The lowest BCUT2D eigenvalue weighted by molar-refractivity contribution is 0.260. The molecule has 1 atom stereocenters. The maximum absolute atomic E-state index is 13.1. The van der Waals surface area contributed by atoms with Crippen LogP contribution in [0.4, 0.5) is 4.39 Å². The van der Waals surface area contributed by atoms with Crippen LogP contribution in [0.2, 0.25) is 0 Å². The highest BCUT2D eigenvalue weighted by atomic mass is 19.1. The number of benzene rings is 1. The van der Waals surface area contributed by atoms with E-state index in [1.807, 2.05) is 0 Å². The van der Waals surface area contributed by atoms with Crippen molar-refractivity contribution >= 4 is 0 Å². The van der Waals surface area contributed by atoms with E-state index in [4.69, 9.17) is 4.74 Å². The van der Waals surface area contributed by atoms with Gasteiger partial charge >= 0.3 is 0 Å². The third kappa shape index (κ3) is 4.73. The summed E-state index contributed by atoms with van der Waals surface area (Å²) in [6.07, 6.45) is 2.15. The maximum Gasteiger partial charge on any atom is 0.126 e. The van der Waals surface area contributed by atoms with E-state index in [0.29, 0.717) is 18.2 Å². The maximum atomic E-state index is 13.1. The summed E-state index contributed by atoms with van der Waals surface area (Å²) in [6.45, 7) is 7.65. The highest BCUT2D eigenvalue weighted by Crippen LogP contribution is 2.16. The van der Waals surface area contributed by atoms with Crippen LogP contribution in [-0.2, 0) is 0 Å². The Morgan fingerprint density at radius 2 is 2.12 bits per heavy atom. The quantitative estimate of drug-likeness (QED) is 0.788. The van der Waals surface area contributed by atoms with Gasteiger partial charge in [-0.15, -0.1) is 0 Å². The standard InChI is InChI=1S/C14H22FNO/c1-4-8-16-12(5-2)10-17-13-6-7-14(15)11(3)9-13/h6-7,9,12,16H,4-5,8,10H2,1-3H3. The summed E-state index contributed by atoms with van der Waals surface area (Å²) >= 11 is 0. The normalized spacial score (nSPS) is 12.5. The third-order valence-corrected chi connectivity index (χ3v) is 2.76. The van der Waals surface area contributed by atoms with E-state index in [2.05, 4.69) is 19.2 Å². The van der Waals surface area contributed by atoms with Crippen molar-refractivity contribution in [2.75, 3.05) is 13.2 Å². The van der Waals surface area contributed by atoms with Crippen LogP contribution in [-0.4, -0.2) is 19.2 Å². The molecular weight excluding hydrogens is 217 g/mol. The molecule has 96 valence electrons. The summed E-state index contributed by atoms with van der Waals surface area (Å²) in [6, 6.07) is 5.22. The molecule has 17 heavy (non-hydrogen) atoms. The summed E-state index contributed by atoms with van der Waals surface area (Å²) < 4.78 is 18.7. The van der Waals surface area contributed by atoms with Gasteiger partial charge in [0.25, 0.3) is 0 Å². The summed E-state index contributed by atoms with van der Waals surface area (Å²) in [5.41, 5.74) is 0.622. The number of ether oxygens (including phenoxy) is 1. The fraction of sp³-hybridized carbons (Fsp3) is 0.571. The predicted octanol–water partition coefficient (Wildman–Crippen LogP) is 3.29. The summed E-state index contributed by atoms with van der Waals surface area (Å²) in [4.78, 5) is 0. The van der Waals surface area contributed by atoms with Gasteiger partial charge in [0.05, 0.1) is 0 Å². The largest absolute Gasteiger partial charge is 0.492 e. The Morgan fingerprint density at radius 1 is 1.35 bits per heavy atom. The van der Waals surface area contributed by atoms with Crippen molar-refractivity contribution in [3.05, 3.63) is 29.6 Å². The Kier molecular flexibility index (Phi) is 5.98. The molecule has 3 heteroatoms. The van der Waals surface area contributed by atoms with E-state index in [-0.39, 0.29) is 5.82 Å². The number of nitrogens with one attached hydrogen (secondary N) is 1. The third-order valence-electron chi connectivity index (χ3n) is 2.76. The lowest BCUT2D eigenvalue weighted by atomic mass is 10.2. The van der Waals surface area contributed by atoms with Gasteiger partial charge in [0.2, 0.25) is 0 Å². The lowest BCUT2D eigenvalue weighted by Crippen LogP contribution is -2.34. The zero-order valence-corrected chi connectivity index (χ0v) is 10.9. The molecule has 1 aromatic carbocycles. The first-order valence-electron chi connectivity index (χ1n) is 6.29. The molecule has 0 aromatic heterocycles. The Balaban J connectivity index is 2.45. The minimum atomic E-state index is -0.187. The molecule has 0 aliphatic heterocycles. The van der Waals surface area contributed by atoms with Gasteiger partial charge in [-0.05, 0) is 50.1 Å². The number of halogens is 1. The molecule has 0 aliphatic rings. The second kappa shape index (κ2) is 7.28. The van der Waals surface area contributed by atoms with E-state index in [1.54, 1.807) is 19.1 Å². The molecule has 0 spiro atoms. The first kappa shape index (κ1) is 14.0. The van der Waals surface area contributed by atoms with Crippen LogP contribution in [0.15, 0.2) is 18.2 Å². The van der Waals surface area contributed by atoms with Gasteiger partial charge in [-0.1, -0.05) is 13.8 Å². The lowest BCUT2D eigenvalue weighted by Gasteiger charge is -2.17. The molecule has 1 rings (SSSR count). The minimum absolute atomic E-state index is 0.187. The van der Waals surface area contributed by atoms with Crippen LogP contribution in [0.5, 0.6) is 5.75 Å². The van der Waals surface area contributed by atoms with Crippen molar-refractivity contribution in [3.63, 3.8) is 0 Å². The van der Waals surface area contributed by atoms with Crippen molar-refractivity contribution in [1.29, 1.82) is 0 Å². The van der Waals surface area contributed by atoms with Crippen LogP contribution in [0, 0.1) is 12.7 Å². The van der Waals surface area contributed by atoms with Crippen molar-refractivity contribution in [2.24, 2.45) is 0 Å². The molecule has 1 aromatic rings. The first-order valence-corrected chi connectivity index (χ1v) is 6.29. The fourth-order valence-corrected chi connectivity index (χ4v) is 1.57. The molecule has 1 N–H and O–H groups in total. The van der Waals surface area contributed by atoms with E-state index in [9.17, 15) is 4.39 Å². The van der Waals surface area contributed by atoms with E-state index >= 15 is 0 Å². The van der Waals surface area contributed by atoms with Crippen molar-refractivity contribution < 1.29 is 9.13 Å². The van der Waals surface area contributed by atoms with Crippen LogP contribution in [0.25, 0.3) is 0 Å². The molecule has 0 saturated heterocycles. The van der Waals surface area contributed by atoms with Gasteiger partial charge < -0.3 is 10.1 Å². The number of rotatable bonds is 7. The Hall–Kier alpha value is -1.09. The van der Waals surface area contributed by atoms with Gasteiger partial charge in [0.15, 0.2) is 0 Å². The van der Waals surface area contributed by atoms with Crippen molar-refractivity contribution in [2.45, 2.75) is 39.7 Å². The smallest absolute Gasteiger partial charge is 0.126 e. The van der Waals surface area contributed by atoms with Crippen LogP contribution in [0.1, 0.15) is 32.3 Å². The average Bonchev–Trinajstić information content (AvgIpc) is 2.34. The molecule has 0 bridgehead atoms. The molecule has 1 unspecified atom stereocenters. The van der Waals surface area contributed by atoms with Crippen LogP contribution >= 0.6 is 0 Å². The summed E-state index contributed by atoms with van der Waals surface area (Å²) in [5.74, 6) is 0.550. The molecule has 0 radical (unpaired) electrons. The highest BCUT2D eigenvalue weighted by Gasteiger charge is 2.06.